The minimum atomic E-state index is -0.890. The molecule has 1 aliphatic rings. The Hall–Kier alpha value is -1.23. The van der Waals surface area contributed by atoms with Crippen LogP contribution in [0.5, 0.6) is 0 Å². The molecule has 1 rings (SSSR count). The average molecular weight is 170 g/mol. The van der Waals surface area contributed by atoms with E-state index >= 15 is 0 Å². The summed E-state index contributed by atoms with van der Waals surface area (Å²) >= 11 is 0. The Morgan fingerprint density at radius 1 is 1.83 bits per heavy atom. The first-order valence-corrected chi connectivity index (χ1v) is 3.73. The normalized spacial score (nSPS) is 29.5. The quantitative estimate of drug-likeness (QED) is 0.261. The summed E-state index contributed by atoms with van der Waals surface area (Å²) in [5.74, 6) is 0.165. The smallest absolute Gasteiger partial charge is 0.509 e. The van der Waals surface area contributed by atoms with E-state index in [0.29, 0.717) is 6.42 Å². The summed E-state index contributed by atoms with van der Waals surface area (Å²) in [6.45, 7) is 1.99. The molecule has 6 heteroatoms. The molecule has 1 N–H and O–H groups in total. The van der Waals surface area contributed by atoms with Crippen molar-refractivity contribution >= 4 is 11.9 Å². The molecular weight excluding hydrogens is 160 g/mol. The third-order valence-electron chi connectivity index (χ3n) is 1.96. The second-order valence-corrected chi connectivity index (χ2v) is 2.66. The number of carbonyl (C=O) groups is 1. The van der Waals surface area contributed by atoms with Crippen LogP contribution in [0.1, 0.15) is 13.3 Å². The molecule has 0 aromatic carbocycles. The molecule has 6 nitrogen and oxygen atoms in total. The van der Waals surface area contributed by atoms with Gasteiger partial charge in [0.15, 0.2) is 0 Å². The lowest BCUT2D eigenvalue weighted by Crippen LogP contribution is -2.59. The van der Waals surface area contributed by atoms with Gasteiger partial charge in [-0.25, -0.2) is 0 Å². The van der Waals surface area contributed by atoms with Crippen molar-refractivity contribution < 1.29 is 14.2 Å². The summed E-state index contributed by atoms with van der Waals surface area (Å²) in [5.41, 5.74) is 8.32. The van der Waals surface area contributed by atoms with Crippen LogP contribution < -0.4 is 5.32 Å². The number of urea groups is 1. The predicted octanol–water partition coefficient (Wildman–Crippen LogP) is 0.0625. The number of amides is 2. The summed E-state index contributed by atoms with van der Waals surface area (Å²) in [4.78, 5) is 13.9. The largest absolute Gasteiger partial charge is 0.622 e. The summed E-state index contributed by atoms with van der Waals surface area (Å²) in [5, 5.41) is 13.7. The van der Waals surface area contributed by atoms with Gasteiger partial charge in [0.05, 0.1) is 6.54 Å². The predicted molar refractivity (Wildman–Crippen MR) is 40.8 cm³/mol. The number of amidine groups is 1. The lowest BCUT2D eigenvalue weighted by Gasteiger charge is -2.37. The van der Waals surface area contributed by atoms with Crippen molar-refractivity contribution in [3.8, 4) is 0 Å². The first kappa shape index (κ1) is 8.86. The highest BCUT2D eigenvalue weighted by atomic mass is 16.6. The first-order chi connectivity index (χ1) is 5.62. The van der Waals surface area contributed by atoms with E-state index in [4.69, 9.17) is 5.53 Å². The van der Waals surface area contributed by atoms with Gasteiger partial charge in [0.1, 0.15) is 13.0 Å². The number of rotatable bonds is 1. The molecule has 0 aromatic heterocycles. The van der Waals surface area contributed by atoms with Crippen molar-refractivity contribution in [3.05, 3.63) is 10.7 Å². The number of hydroxylamine groups is 3. The molecule has 12 heavy (non-hydrogen) atoms. The number of hydrogen-bond donors (Lipinski definition) is 1. The average Bonchev–Trinajstić information content (AvgIpc) is 2.10. The van der Waals surface area contributed by atoms with E-state index in [1.54, 1.807) is 6.92 Å². The molecule has 2 amide bonds. The van der Waals surface area contributed by atoms with Crippen molar-refractivity contribution in [2.45, 2.75) is 13.3 Å². The number of carbonyl (C=O) groups excluding carboxylic acids is 1. The summed E-state index contributed by atoms with van der Waals surface area (Å²) in [6.07, 6.45) is 0.305. The van der Waals surface area contributed by atoms with Crippen LogP contribution in [0.15, 0.2) is 0 Å². The SMILES string of the molecule is CC[N+]1([O-])CCC(=[N+]=[N-])NC1=O. The third kappa shape index (κ3) is 1.35. The Kier molecular flexibility index (Phi) is 2.23. The molecule has 1 atom stereocenters. The minimum Gasteiger partial charge on any atom is -0.622 e. The van der Waals surface area contributed by atoms with Crippen molar-refractivity contribution in [2.24, 2.45) is 0 Å². The Bertz CT molecular complexity index is 258. The van der Waals surface area contributed by atoms with E-state index in [0.717, 1.165) is 0 Å². The van der Waals surface area contributed by atoms with Crippen LogP contribution in [0.3, 0.4) is 0 Å². The van der Waals surface area contributed by atoms with Gasteiger partial charge in [-0.15, -0.1) is 5.32 Å². The molecule has 0 aromatic rings. The zero-order valence-electron chi connectivity index (χ0n) is 6.78. The Morgan fingerprint density at radius 3 is 2.92 bits per heavy atom. The summed E-state index contributed by atoms with van der Waals surface area (Å²) in [7, 11) is 0. The van der Waals surface area contributed by atoms with Crippen molar-refractivity contribution in [1.82, 2.24) is 5.32 Å². The van der Waals surface area contributed by atoms with Gasteiger partial charge < -0.3 is 15.5 Å². The van der Waals surface area contributed by atoms with Gasteiger partial charge in [-0.1, -0.05) is 0 Å². The maximum atomic E-state index is 11.5. The van der Waals surface area contributed by atoms with Gasteiger partial charge in [-0.05, 0) is 6.92 Å². The van der Waals surface area contributed by atoms with E-state index in [-0.39, 0.29) is 18.9 Å². The monoisotopic (exact) mass is 170 g/mol. The molecule has 0 spiro atoms. The third-order valence-corrected chi connectivity index (χ3v) is 1.96. The highest BCUT2D eigenvalue weighted by molar-refractivity contribution is 5.93. The molecule has 66 valence electrons. The van der Waals surface area contributed by atoms with Crippen LogP contribution in [-0.2, 0) is 0 Å². The Morgan fingerprint density at radius 2 is 2.50 bits per heavy atom. The van der Waals surface area contributed by atoms with Crippen LogP contribution >= 0.6 is 0 Å². The minimum absolute atomic E-state index is 0.141. The fourth-order valence-corrected chi connectivity index (χ4v) is 1.05. The molecule has 1 heterocycles. The molecule has 1 fully saturated rings. The van der Waals surface area contributed by atoms with E-state index in [1.165, 1.54) is 0 Å². The van der Waals surface area contributed by atoms with E-state index in [2.05, 4.69) is 10.1 Å². The molecular formula is C6H10N4O2. The van der Waals surface area contributed by atoms with Crippen molar-refractivity contribution in [3.63, 3.8) is 0 Å². The Labute approximate surface area is 69.6 Å². The van der Waals surface area contributed by atoms with Gasteiger partial charge in [0.2, 0.25) is 0 Å². The number of hydrogen-bond acceptors (Lipinski definition) is 2. The van der Waals surface area contributed by atoms with Crippen LogP contribution in [-0.4, -0.2) is 34.4 Å². The second kappa shape index (κ2) is 3.02. The van der Waals surface area contributed by atoms with Crippen LogP contribution in [0, 0.1) is 5.21 Å². The lowest BCUT2D eigenvalue weighted by molar-refractivity contribution is -0.798. The van der Waals surface area contributed by atoms with Crippen LogP contribution in [0.4, 0.5) is 4.79 Å². The number of nitrogens with zero attached hydrogens (tertiary/aromatic N) is 3. The molecule has 0 aliphatic carbocycles. The highest BCUT2D eigenvalue weighted by Gasteiger charge is 2.37. The van der Waals surface area contributed by atoms with Crippen molar-refractivity contribution in [1.29, 1.82) is 0 Å². The lowest BCUT2D eigenvalue weighted by atomic mass is 10.3. The van der Waals surface area contributed by atoms with Gasteiger partial charge >= 0.3 is 11.9 Å². The fraction of sp³-hybridized carbons (Fsp3) is 0.667. The topological polar surface area (TPSA) is 88.6 Å². The van der Waals surface area contributed by atoms with E-state index < -0.39 is 10.7 Å². The number of quaternary nitrogens is 1. The van der Waals surface area contributed by atoms with Gasteiger partial charge in [-0.3, -0.25) is 4.65 Å². The summed E-state index contributed by atoms with van der Waals surface area (Å²) in [6, 6.07) is -0.656. The maximum Gasteiger partial charge on any atom is 0.509 e. The van der Waals surface area contributed by atoms with Crippen molar-refractivity contribution in [2.75, 3.05) is 13.1 Å². The second-order valence-electron chi connectivity index (χ2n) is 2.66. The molecule has 1 unspecified atom stereocenters. The van der Waals surface area contributed by atoms with Crippen LogP contribution in [0.2, 0.25) is 0 Å². The standard InChI is InChI=1S/C6H10N4O2/c1-2-10(12)4-3-5(9-7)8-6(10)11/h2-4H2,1H3,(H,8,11). The van der Waals surface area contributed by atoms with Crippen LogP contribution in [0.25, 0.3) is 5.53 Å². The number of nitrogens with one attached hydrogen (secondary N) is 1. The summed E-state index contributed by atoms with van der Waals surface area (Å²) < 4.78 is -0.890. The van der Waals surface area contributed by atoms with E-state index in [1.807, 2.05) is 0 Å². The first-order valence-electron chi connectivity index (χ1n) is 3.73. The van der Waals surface area contributed by atoms with E-state index in [9.17, 15) is 10.0 Å². The van der Waals surface area contributed by atoms with Gasteiger partial charge in [-0.2, -0.15) is 4.79 Å². The molecule has 0 saturated carbocycles. The zero-order chi connectivity index (χ0) is 9.19. The van der Waals surface area contributed by atoms with Gasteiger partial charge in [0, 0.05) is 0 Å². The molecule has 1 aliphatic heterocycles. The molecule has 1 saturated heterocycles. The Balaban J connectivity index is 2.79. The maximum absolute atomic E-state index is 11.5. The zero-order valence-corrected chi connectivity index (χ0v) is 6.78. The fourth-order valence-electron chi connectivity index (χ4n) is 1.05. The highest BCUT2D eigenvalue weighted by Crippen LogP contribution is 2.10. The molecule has 0 radical (unpaired) electrons. The molecule has 0 bridgehead atoms. The van der Waals surface area contributed by atoms with Gasteiger partial charge in [0.25, 0.3) is 0 Å².